The fourth-order valence-electron chi connectivity index (χ4n) is 3.45. The van der Waals surface area contributed by atoms with E-state index in [1.54, 1.807) is 6.07 Å². The van der Waals surface area contributed by atoms with Gasteiger partial charge in [-0.3, -0.25) is 9.59 Å². The van der Waals surface area contributed by atoms with Crippen molar-refractivity contribution >= 4 is 18.9 Å². The van der Waals surface area contributed by atoms with Crippen molar-refractivity contribution in [1.29, 1.82) is 5.26 Å². The van der Waals surface area contributed by atoms with Gasteiger partial charge in [-0.2, -0.15) is 5.26 Å². The average Bonchev–Trinajstić information content (AvgIpc) is 2.79. The van der Waals surface area contributed by atoms with Gasteiger partial charge in [-0.1, -0.05) is 42.5 Å². The molecule has 186 valence electrons. The maximum absolute atomic E-state index is 12.3. The third kappa shape index (κ3) is 10.6. The second kappa shape index (κ2) is 13.5. The van der Waals surface area contributed by atoms with Gasteiger partial charge in [-0.25, -0.2) is 0 Å². The number of aryl methyl sites for hydroxylation is 1. The molecule has 0 radical (unpaired) electrons. The summed E-state index contributed by atoms with van der Waals surface area (Å²) in [5.41, 5.74) is 1.40. The number of ether oxygens (including phenoxy) is 1. The van der Waals surface area contributed by atoms with Gasteiger partial charge >= 0.3 is 7.12 Å². The predicted molar refractivity (Wildman–Crippen MR) is 134 cm³/mol. The maximum Gasteiger partial charge on any atom is 0.475 e. The fourth-order valence-corrected chi connectivity index (χ4v) is 3.45. The molecule has 2 rings (SSSR count). The lowest BCUT2D eigenvalue weighted by molar-refractivity contribution is -0.125. The highest BCUT2D eigenvalue weighted by Gasteiger charge is 2.25. The van der Waals surface area contributed by atoms with Crippen LogP contribution in [0.4, 0.5) is 0 Å². The van der Waals surface area contributed by atoms with Crippen molar-refractivity contribution in [3.63, 3.8) is 0 Å². The Morgan fingerprint density at radius 3 is 2.40 bits per heavy atom. The molecule has 0 heterocycles. The number of amides is 2. The molecule has 0 aliphatic rings. The second-order valence-electron chi connectivity index (χ2n) is 9.48. The van der Waals surface area contributed by atoms with Crippen LogP contribution in [0.2, 0.25) is 0 Å². The first-order valence-corrected chi connectivity index (χ1v) is 11.7. The molecule has 0 aliphatic heterocycles. The van der Waals surface area contributed by atoms with Gasteiger partial charge in [-0.05, 0) is 63.3 Å². The number of hydrogen-bond donors (Lipinski definition) is 4. The van der Waals surface area contributed by atoms with E-state index in [1.165, 1.54) is 0 Å². The number of carbonyl (C=O) groups excluding carboxylic acids is 2. The van der Waals surface area contributed by atoms with E-state index in [0.717, 1.165) is 11.1 Å². The monoisotopic (exact) mass is 479 g/mol. The molecule has 35 heavy (non-hydrogen) atoms. The molecule has 0 aliphatic carbocycles. The maximum atomic E-state index is 12.3. The lowest BCUT2D eigenvalue weighted by Gasteiger charge is -2.22. The fraction of sp³-hybridized carbons (Fsp3) is 0.423. The van der Waals surface area contributed by atoms with E-state index < -0.39 is 24.5 Å². The summed E-state index contributed by atoms with van der Waals surface area (Å²) >= 11 is 0. The Hall–Kier alpha value is -3.35. The van der Waals surface area contributed by atoms with E-state index in [-0.39, 0.29) is 24.8 Å². The molecule has 2 atom stereocenters. The van der Waals surface area contributed by atoms with Gasteiger partial charge in [0.25, 0.3) is 0 Å². The van der Waals surface area contributed by atoms with Crippen LogP contribution in [-0.4, -0.2) is 47.1 Å². The van der Waals surface area contributed by atoms with Gasteiger partial charge in [0.1, 0.15) is 11.7 Å². The molecular weight excluding hydrogens is 445 g/mol. The minimum Gasteiger partial charge on any atom is -0.493 e. The third-order valence-corrected chi connectivity index (χ3v) is 5.19. The predicted octanol–water partition coefficient (Wildman–Crippen LogP) is 2.18. The van der Waals surface area contributed by atoms with Crippen LogP contribution in [0, 0.1) is 17.2 Å². The first kappa shape index (κ1) is 27.9. The number of benzene rings is 2. The summed E-state index contributed by atoms with van der Waals surface area (Å²) in [6.07, 6.45) is 1.26. The zero-order valence-corrected chi connectivity index (χ0v) is 20.5. The first-order chi connectivity index (χ1) is 16.6. The number of rotatable bonds is 12. The van der Waals surface area contributed by atoms with Crippen LogP contribution >= 0.6 is 0 Å². The molecule has 0 saturated carbocycles. The van der Waals surface area contributed by atoms with Crippen molar-refractivity contribution in [2.45, 2.75) is 57.9 Å². The molecular formula is C26H34BN3O5. The summed E-state index contributed by atoms with van der Waals surface area (Å²) in [6, 6.07) is 18.6. The Bertz CT molecular complexity index is 1000. The SMILES string of the molecule is CC(C)(C)NC(=O)C(C#N)CCc1cccc(OCCC(=O)N[C@@H](Cc2ccccc2)B(O)O)c1. The highest BCUT2D eigenvalue weighted by atomic mass is 16.5. The number of carbonyl (C=O) groups is 2. The van der Waals surface area contributed by atoms with E-state index in [0.29, 0.717) is 25.0 Å². The number of nitrogens with one attached hydrogen (secondary N) is 2. The average molecular weight is 479 g/mol. The van der Waals surface area contributed by atoms with Crippen molar-refractivity contribution in [1.82, 2.24) is 10.6 Å². The minimum absolute atomic E-state index is 0.0473. The number of nitriles is 1. The van der Waals surface area contributed by atoms with Crippen LogP contribution < -0.4 is 15.4 Å². The number of hydrogen-bond acceptors (Lipinski definition) is 6. The topological polar surface area (TPSA) is 132 Å². The molecule has 2 amide bonds. The summed E-state index contributed by atoms with van der Waals surface area (Å²) in [7, 11) is -1.68. The number of nitrogens with zero attached hydrogens (tertiary/aromatic N) is 1. The van der Waals surface area contributed by atoms with E-state index in [2.05, 4.69) is 16.7 Å². The Kier molecular flexibility index (Phi) is 10.8. The standard InChI is InChI=1S/C26H34BN3O5/c1-26(2,3)30-25(32)21(18-28)13-12-20-10-7-11-22(16-20)35-15-14-24(31)29-23(27(33)34)17-19-8-5-4-6-9-19/h4-11,16,21,23,33-34H,12-15,17H2,1-3H3,(H,29,31)(H,30,32)/t21?,23-/m0/s1. The molecule has 8 nitrogen and oxygen atoms in total. The summed E-state index contributed by atoms with van der Waals surface area (Å²) < 4.78 is 5.69. The van der Waals surface area contributed by atoms with Crippen LogP contribution in [0.25, 0.3) is 0 Å². The summed E-state index contributed by atoms with van der Waals surface area (Å²) in [6.45, 7) is 5.73. The Labute approximate surface area is 207 Å². The first-order valence-electron chi connectivity index (χ1n) is 11.7. The lowest BCUT2D eigenvalue weighted by Crippen LogP contribution is -2.48. The van der Waals surface area contributed by atoms with Gasteiger partial charge in [0, 0.05) is 5.54 Å². The quantitative estimate of drug-likeness (QED) is 0.345. The molecule has 2 aromatic carbocycles. The van der Waals surface area contributed by atoms with E-state index in [9.17, 15) is 24.9 Å². The molecule has 0 spiro atoms. The highest BCUT2D eigenvalue weighted by Crippen LogP contribution is 2.17. The molecule has 0 aromatic heterocycles. The lowest BCUT2D eigenvalue weighted by atomic mass is 9.76. The molecule has 0 fully saturated rings. The van der Waals surface area contributed by atoms with Gasteiger partial charge in [-0.15, -0.1) is 0 Å². The van der Waals surface area contributed by atoms with Crippen LogP contribution in [-0.2, 0) is 22.4 Å². The van der Waals surface area contributed by atoms with Crippen molar-refractivity contribution in [3.05, 3.63) is 65.7 Å². The smallest absolute Gasteiger partial charge is 0.475 e. The van der Waals surface area contributed by atoms with Crippen molar-refractivity contribution in [2.24, 2.45) is 5.92 Å². The van der Waals surface area contributed by atoms with Crippen molar-refractivity contribution in [2.75, 3.05) is 6.61 Å². The van der Waals surface area contributed by atoms with Crippen LogP contribution in [0.1, 0.15) is 44.7 Å². The second-order valence-corrected chi connectivity index (χ2v) is 9.48. The Morgan fingerprint density at radius 1 is 1.09 bits per heavy atom. The van der Waals surface area contributed by atoms with Gasteiger partial charge in [0.2, 0.25) is 11.8 Å². The van der Waals surface area contributed by atoms with Gasteiger partial charge < -0.3 is 25.4 Å². The van der Waals surface area contributed by atoms with Crippen molar-refractivity contribution < 1.29 is 24.4 Å². The molecule has 0 saturated heterocycles. The zero-order valence-electron chi connectivity index (χ0n) is 20.5. The van der Waals surface area contributed by atoms with Crippen molar-refractivity contribution in [3.8, 4) is 11.8 Å². The van der Waals surface area contributed by atoms with E-state index >= 15 is 0 Å². The third-order valence-electron chi connectivity index (χ3n) is 5.19. The van der Waals surface area contributed by atoms with E-state index in [1.807, 2.05) is 69.3 Å². The van der Waals surface area contributed by atoms with E-state index in [4.69, 9.17) is 4.74 Å². The van der Waals surface area contributed by atoms with Gasteiger partial charge in [0.05, 0.1) is 25.0 Å². The van der Waals surface area contributed by atoms with Crippen LogP contribution in [0.15, 0.2) is 54.6 Å². The van der Waals surface area contributed by atoms with Gasteiger partial charge in [0.15, 0.2) is 0 Å². The molecule has 0 bridgehead atoms. The molecule has 2 aromatic rings. The Balaban J connectivity index is 1.82. The zero-order chi connectivity index (χ0) is 25.8. The minimum atomic E-state index is -1.68. The van der Waals surface area contributed by atoms with Crippen LogP contribution in [0.5, 0.6) is 5.75 Å². The molecule has 9 heteroatoms. The summed E-state index contributed by atoms with van der Waals surface area (Å²) in [5, 5.41) is 34.1. The molecule has 4 N–H and O–H groups in total. The summed E-state index contributed by atoms with van der Waals surface area (Å²) in [4.78, 5) is 24.6. The largest absolute Gasteiger partial charge is 0.493 e. The normalized spacial score (nSPS) is 12.7. The van der Waals surface area contributed by atoms with Crippen LogP contribution in [0.3, 0.4) is 0 Å². The summed E-state index contributed by atoms with van der Waals surface area (Å²) in [5.74, 6) is -1.62. The Morgan fingerprint density at radius 2 is 1.77 bits per heavy atom. The molecule has 1 unspecified atom stereocenters. The highest BCUT2D eigenvalue weighted by molar-refractivity contribution is 6.43.